The third-order valence-electron chi connectivity index (χ3n) is 4.75. The first kappa shape index (κ1) is 19.0. The fourth-order valence-electron chi connectivity index (χ4n) is 3.17. The highest BCUT2D eigenvalue weighted by molar-refractivity contribution is 7.10. The van der Waals surface area contributed by atoms with E-state index in [1.807, 2.05) is 41.6 Å². The van der Waals surface area contributed by atoms with Crippen molar-refractivity contribution in [2.24, 2.45) is 5.92 Å². The van der Waals surface area contributed by atoms with Crippen LogP contribution in [0.1, 0.15) is 48.1 Å². The molecule has 2 atom stereocenters. The molecule has 2 heterocycles. The molecule has 0 aliphatic carbocycles. The fourth-order valence-corrected chi connectivity index (χ4v) is 4.17. The topological polar surface area (TPSA) is 45.2 Å². The van der Waals surface area contributed by atoms with Crippen LogP contribution in [0, 0.1) is 5.92 Å². The maximum absolute atomic E-state index is 13.6. The number of aromatic nitrogens is 1. The number of halogens is 1. The minimum Gasteiger partial charge on any atom is -0.352 e. The van der Waals surface area contributed by atoms with Crippen LogP contribution in [0.2, 0.25) is 0 Å². The number of nitrogens with zero attached hydrogens (tertiary/aromatic N) is 2. The molecular weight excluding hydrogens is 349 g/mol. The molecule has 1 aliphatic heterocycles. The number of carbonyl (C=O) groups excluding carboxylic acids is 1. The van der Waals surface area contributed by atoms with E-state index in [2.05, 4.69) is 19.2 Å². The molecule has 4 nitrogen and oxygen atoms in total. The lowest BCUT2D eigenvalue weighted by Gasteiger charge is -2.15. The van der Waals surface area contributed by atoms with E-state index in [9.17, 15) is 9.18 Å². The number of benzene rings is 1. The quantitative estimate of drug-likeness (QED) is 0.819. The molecule has 140 valence electrons. The summed E-state index contributed by atoms with van der Waals surface area (Å²) in [6, 6.07) is 7.57. The number of nitrogens with one attached hydrogen (secondary N) is 1. The van der Waals surface area contributed by atoms with Gasteiger partial charge in [-0.2, -0.15) is 0 Å². The summed E-state index contributed by atoms with van der Waals surface area (Å²) in [4.78, 5) is 18.9. The molecule has 1 saturated heterocycles. The van der Waals surface area contributed by atoms with Crippen molar-refractivity contribution in [1.82, 2.24) is 15.2 Å². The van der Waals surface area contributed by atoms with Crippen molar-refractivity contribution in [2.75, 3.05) is 20.1 Å². The zero-order valence-electron chi connectivity index (χ0n) is 15.5. The first-order valence-corrected chi connectivity index (χ1v) is 10.0. The van der Waals surface area contributed by atoms with Gasteiger partial charge in [0.25, 0.3) is 5.91 Å². The molecule has 1 aromatic carbocycles. The third kappa shape index (κ3) is 4.48. The van der Waals surface area contributed by atoms with Gasteiger partial charge < -0.3 is 5.32 Å². The number of hydrogen-bond donors (Lipinski definition) is 1. The number of hydrogen-bond acceptors (Lipinski definition) is 4. The Hall–Kier alpha value is -1.79. The first-order chi connectivity index (χ1) is 12.4. The van der Waals surface area contributed by atoms with Gasteiger partial charge in [0.1, 0.15) is 11.2 Å². The van der Waals surface area contributed by atoms with E-state index < -0.39 is 6.17 Å². The summed E-state index contributed by atoms with van der Waals surface area (Å²) >= 11 is 1.57. The number of thiazole rings is 1. The molecule has 6 heteroatoms. The zero-order chi connectivity index (χ0) is 18.7. The SMILES string of the molecule is CC(C)CCNC(=O)c1ccc(-c2csc(C3CC(F)CN3C)n2)cc1. The summed E-state index contributed by atoms with van der Waals surface area (Å²) in [6.07, 6.45) is 0.713. The van der Waals surface area contributed by atoms with Crippen molar-refractivity contribution in [3.05, 3.63) is 40.2 Å². The minimum atomic E-state index is -0.772. The van der Waals surface area contributed by atoms with Crippen LogP contribution in [0.25, 0.3) is 11.3 Å². The second kappa shape index (κ2) is 8.27. The molecule has 1 aromatic heterocycles. The predicted molar refractivity (Wildman–Crippen MR) is 104 cm³/mol. The number of rotatable bonds is 6. The standard InChI is InChI=1S/C20H26FN3OS/c1-13(2)8-9-22-19(25)15-6-4-14(5-7-15)17-12-26-20(23-17)18-10-16(21)11-24(18)3/h4-7,12-13,16,18H,8-11H2,1-3H3,(H,22,25). The van der Waals surface area contributed by atoms with E-state index >= 15 is 0 Å². The van der Waals surface area contributed by atoms with Crippen LogP contribution >= 0.6 is 11.3 Å². The van der Waals surface area contributed by atoms with Gasteiger partial charge in [0.2, 0.25) is 0 Å². The van der Waals surface area contributed by atoms with Crippen molar-refractivity contribution in [1.29, 1.82) is 0 Å². The lowest BCUT2D eigenvalue weighted by molar-refractivity contribution is 0.0952. The van der Waals surface area contributed by atoms with Crippen molar-refractivity contribution in [3.8, 4) is 11.3 Å². The second-order valence-corrected chi connectivity index (χ2v) is 8.26. The van der Waals surface area contributed by atoms with E-state index in [-0.39, 0.29) is 11.9 Å². The van der Waals surface area contributed by atoms with E-state index in [0.29, 0.717) is 31.0 Å². The highest BCUT2D eigenvalue weighted by Crippen LogP contribution is 2.35. The van der Waals surface area contributed by atoms with Crippen LogP contribution in [0.15, 0.2) is 29.6 Å². The molecule has 0 bridgehead atoms. The summed E-state index contributed by atoms with van der Waals surface area (Å²) < 4.78 is 13.6. The Balaban J connectivity index is 1.65. The Bertz CT molecular complexity index is 744. The highest BCUT2D eigenvalue weighted by Gasteiger charge is 2.32. The van der Waals surface area contributed by atoms with Crippen molar-refractivity contribution in [2.45, 2.75) is 38.9 Å². The van der Waals surface area contributed by atoms with Gasteiger partial charge in [-0.3, -0.25) is 9.69 Å². The van der Waals surface area contributed by atoms with E-state index in [0.717, 1.165) is 22.7 Å². The minimum absolute atomic E-state index is 0.0438. The summed E-state index contributed by atoms with van der Waals surface area (Å²) in [6.45, 7) is 5.44. The predicted octanol–water partition coefficient (Wildman–Crippen LogP) is 4.30. The average Bonchev–Trinajstić information content (AvgIpc) is 3.21. The third-order valence-corrected chi connectivity index (χ3v) is 5.70. The molecule has 0 radical (unpaired) electrons. The van der Waals surface area contributed by atoms with Gasteiger partial charge in [0.15, 0.2) is 0 Å². The normalized spacial score (nSPS) is 20.7. The molecule has 1 amide bonds. The molecule has 2 aromatic rings. The molecule has 26 heavy (non-hydrogen) atoms. The molecule has 1 N–H and O–H groups in total. The molecule has 1 aliphatic rings. The van der Waals surface area contributed by atoms with Gasteiger partial charge in [0.05, 0.1) is 11.7 Å². The van der Waals surface area contributed by atoms with Gasteiger partial charge in [-0.25, -0.2) is 9.37 Å². The Morgan fingerprint density at radius 3 is 2.73 bits per heavy atom. The molecular formula is C20H26FN3OS. The van der Waals surface area contributed by atoms with Crippen LogP contribution in [0.4, 0.5) is 4.39 Å². The Labute approximate surface area is 158 Å². The Morgan fingerprint density at radius 2 is 2.12 bits per heavy atom. The maximum Gasteiger partial charge on any atom is 0.251 e. The second-order valence-electron chi connectivity index (χ2n) is 7.38. The monoisotopic (exact) mass is 375 g/mol. The van der Waals surface area contributed by atoms with Gasteiger partial charge in [-0.1, -0.05) is 26.0 Å². The largest absolute Gasteiger partial charge is 0.352 e. The number of likely N-dealkylation sites (tertiary alicyclic amines) is 1. The van der Waals surface area contributed by atoms with Crippen LogP contribution in [-0.2, 0) is 0 Å². The van der Waals surface area contributed by atoms with Crippen LogP contribution in [0.5, 0.6) is 0 Å². The zero-order valence-corrected chi connectivity index (χ0v) is 16.4. The van der Waals surface area contributed by atoms with Crippen LogP contribution in [-0.4, -0.2) is 42.1 Å². The molecule has 1 fully saturated rings. The molecule has 0 spiro atoms. The van der Waals surface area contributed by atoms with Gasteiger partial charge >= 0.3 is 0 Å². The number of amides is 1. The van der Waals surface area contributed by atoms with Gasteiger partial charge in [-0.15, -0.1) is 11.3 Å². The van der Waals surface area contributed by atoms with Crippen molar-refractivity contribution in [3.63, 3.8) is 0 Å². The lowest BCUT2D eigenvalue weighted by atomic mass is 10.1. The van der Waals surface area contributed by atoms with Crippen LogP contribution in [0.3, 0.4) is 0 Å². The van der Waals surface area contributed by atoms with Crippen molar-refractivity contribution < 1.29 is 9.18 Å². The number of carbonyl (C=O) groups is 1. The average molecular weight is 376 g/mol. The summed E-state index contributed by atoms with van der Waals surface area (Å²) in [5, 5.41) is 5.91. The molecule has 3 rings (SSSR count). The fraction of sp³-hybridized carbons (Fsp3) is 0.500. The van der Waals surface area contributed by atoms with Gasteiger partial charge in [0, 0.05) is 36.0 Å². The lowest BCUT2D eigenvalue weighted by Crippen LogP contribution is -2.25. The van der Waals surface area contributed by atoms with Crippen molar-refractivity contribution >= 4 is 17.2 Å². The Morgan fingerprint density at radius 1 is 1.38 bits per heavy atom. The first-order valence-electron chi connectivity index (χ1n) is 9.12. The number of alkyl halides is 1. The Kier molecular flexibility index (Phi) is 6.04. The summed E-state index contributed by atoms with van der Waals surface area (Å²) in [5.41, 5.74) is 2.51. The van der Waals surface area contributed by atoms with E-state index in [1.54, 1.807) is 11.3 Å². The summed E-state index contributed by atoms with van der Waals surface area (Å²) in [7, 11) is 1.94. The smallest absolute Gasteiger partial charge is 0.251 e. The van der Waals surface area contributed by atoms with Gasteiger partial charge in [-0.05, 0) is 31.5 Å². The molecule has 0 saturated carbocycles. The maximum atomic E-state index is 13.6. The van der Waals surface area contributed by atoms with E-state index in [4.69, 9.17) is 4.98 Å². The molecule has 2 unspecified atom stereocenters. The van der Waals surface area contributed by atoms with E-state index in [1.165, 1.54) is 0 Å². The highest BCUT2D eigenvalue weighted by atomic mass is 32.1. The summed E-state index contributed by atoms with van der Waals surface area (Å²) in [5.74, 6) is 0.529. The van der Waals surface area contributed by atoms with Crippen LogP contribution < -0.4 is 5.32 Å².